The molecule has 0 amide bonds. The Kier molecular flexibility index (Phi) is 6.15. The minimum atomic E-state index is -0.824. The molecule has 0 saturated carbocycles. The van der Waals surface area contributed by atoms with Crippen molar-refractivity contribution in [2.75, 3.05) is 20.3 Å². The molecule has 0 spiro atoms. The molecule has 3 aromatic carbocycles. The number of rotatable bonds is 9. The van der Waals surface area contributed by atoms with E-state index in [2.05, 4.69) is 0 Å². The van der Waals surface area contributed by atoms with E-state index < -0.39 is 5.97 Å². The van der Waals surface area contributed by atoms with Gasteiger partial charge in [0, 0.05) is 18.1 Å². The fourth-order valence-corrected chi connectivity index (χ4v) is 2.94. The van der Waals surface area contributed by atoms with Crippen LogP contribution < -0.4 is 14.2 Å². The molecule has 5 nitrogen and oxygen atoms in total. The summed E-state index contributed by atoms with van der Waals surface area (Å²) in [7, 11) is 1.61. The van der Waals surface area contributed by atoms with Crippen LogP contribution in [-0.2, 0) is 11.2 Å². The number of hydrogen-bond donors (Lipinski definition) is 1. The van der Waals surface area contributed by atoms with E-state index in [4.69, 9.17) is 19.3 Å². The maximum Gasteiger partial charge on any atom is 0.303 e. The average Bonchev–Trinajstić information content (AvgIpc) is 2.70. The number of benzene rings is 3. The van der Waals surface area contributed by atoms with Gasteiger partial charge >= 0.3 is 5.97 Å². The minimum Gasteiger partial charge on any atom is -0.497 e. The van der Waals surface area contributed by atoms with Crippen LogP contribution in [0.5, 0.6) is 17.2 Å². The van der Waals surface area contributed by atoms with Crippen LogP contribution in [0.4, 0.5) is 0 Å². The molecule has 140 valence electrons. The number of carboxylic acid groups (broad SMARTS) is 1. The molecule has 5 heteroatoms. The Morgan fingerprint density at radius 3 is 2.52 bits per heavy atom. The SMILES string of the molecule is COc1cccc(OCCOc2ccc3ccccc3c2CCC(=O)O)c1. The predicted octanol–water partition coefficient (Wildman–Crippen LogP) is 4.32. The van der Waals surface area contributed by atoms with Crippen LogP contribution in [0.15, 0.2) is 60.7 Å². The normalized spacial score (nSPS) is 10.6. The first-order valence-corrected chi connectivity index (χ1v) is 8.79. The lowest BCUT2D eigenvalue weighted by Gasteiger charge is -2.14. The van der Waals surface area contributed by atoms with Gasteiger partial charge in [-0.2, -0.15) is 0 Å². The number of aryl methyl sites for hydroxylation is 1. The number of ether oxygens (including phenoxy) is 3. The van der Waals surface area contributed by atoms with E-state index in [9.17, 15) is 4.79 Å². The predicted molar refractivity (Wildman–Crippen MR) is 104 cm³/mol. The molecule has 27 heavy (non-hydrogen) atoms. The Morgan fingerprint density at radius 2 is 1.70 bits per heavy atom. The molecule has 1 N–H and O–H groups in total. The summed E-state index contributed by atoms with van der Waals surface area (Å²) in [5.74, 6) is 1.32. The summed E-state index contributed by atoms with van der Waals surface area (Å²) < 4.78 is 16.8. The van der Waals surface area contributed by atoms with Gasteiger partial charge in [0.2, 0.25) is 0 Å². The average molecular weight is 366 g/mol. The molecular weight excluding hydrogens is 344 g/mol. The molecule has 0 aromatic heterocycles. The lowest BCUT2D eigenvalue weighted by Crippen LogP contribution is -2.10. The van der Waals surface area contributed by atoms with Gasteiger partial charge in [-0.25, -0.2) is 0 Å². The molecule has 0 aliphatic heterocycles. The molecule has 0 saturated heterocycles. The van der Waals surface area contributed by atoms with Crippen LogP contribution in [0.3, 0.4) is 0 Å². The van der Waals surface area contributed by atoms with Crippen molar-refractivity contribution < 1.29 is 24.1 Å². The van der Waals surface area contributed by atoms with Crippen LogP contribution in [-0.4, -0.2) is 31.4 Å². The van der Waals surface area contributed by atoms with Gasteiger partial charge in [0.05, 0.1) is 7.11 Å². The van der Waals surface area contributed by atoms with Gasteiger partial charge in [0.25, 0.3) is 0 Å². The van der Waals surface area contributed by atoms with E-state index in [0.29, 0.717) is 31.1 Å². The molecule has 0 heterocycles. The highest BCUT2D eigenvalue weighted by Gasteiger charge is 2.11. The second kappa shape index (κ2) is 8.94. The van der Waals surface area contributed by atoms with Crippen LogP contribution in [0.25, 0.3) is 10.8 Å². The van der Waals surface area contributed by atoms with Crippen molar-refractivity contribution in [3.05, 3.63) is 66.2 Å². The Morgan fingerprint density at radius 1 is 0.926 bits per heavy atom. The molecule has 0 bridgehead atoms. The summed E-state index contributed by atoms with van der Waals surface area (Å²) in [5.41, 5.74) is 0.914. The van der Waals surface area contributed by atoms with Gasteiger partial charge in [-0.05, 0) is 35.4 Å². The van der Waals surface area contributed by atoms with Crippen LogP contribution in [0.1, 0.15) is 12.0 Å². The zero-order valence-electron chi connectivity index (χ0n) is 15.2. The molecule has 0 fully saturated rings. The quantitative estimate of drug-likeness (QED) is 0.571. The second-order valence-electron chi connectivity index (χ2n) is 6.03. The largest absolute Gasteiger partial charge is 0.497 e. The molecule has 0 unspecified atom stereocenters. The highest BCUT2D eigenvalue weighted by molar-refractivity contribution is 5.88. The van der Waals surface area contributed by atoms with Crippen molar-refractivity contribution in [1.82, 2.24) is 0 Å². The van der Waals surface area contributed by atoms with Gasteiger partial charge in [-0.1, -0.05) is 36.4 Å². The molecule has 3 aromatic rings. The molecule has 3 rings (SSSR count). The molecule has 0 aliphatic carbocycles. The summed E-state index contributed by atoms with van der Waals surface area (Å²) in [6.07, 6.45) is 0.480. The van der Waals surface area contributed by atoms with Gasteiger partial charge < -0.3 is 19.3 Å². The topological polar surface area (TPSA) is 65.0 Å². The first-order chi connectivity index (χ1) is 13.2. The fraction of sp³-hybridized carbons (Fsp3) is 0.227. The fourth-order valence-electron chi connectivity index (χ4n) is 2.94. The van der Waals surface area contributed by atoms with E-state index in [1.807, 2.05) is 60.7 Å². The van der Waals surface area contributed by atoms with Crippen molar-refractivity contribution in [2.45, 2.75) is 12.8 Å². The summed E-state index contributed by atoms with van der Waals surface area (Å²) in [4.78, 5) is 11.0. The van der Waals surface area contributed by atoms with Gasteiger partial charge in [0.1, 0.15) is 30.5 Å². The molecule has 0 aliphatic rings. The van der Waals surface area contributed by atoms with Gasteiger partial charge in [-0.3, -0.25) is 4.79 Å². The number of carbonyl (C=O) groups is 1. The summed E-state index contributed by atoms with van der Waals surface area (Å²) in [5, 5.41) is 11.1. The number of methoxy groups -OCH3 is 1. The summed E-state index contributed by atoms with van der Waals surface area (Å²) in [6, 6.07) is 19.2. The lowest BCUT2D eigenvalue weighted by molar-refractivity contribution is -0.136. The van der Waals surface area contributed by atoms with Gasteiger partial charge in [0.15, 0.2) is 0 Å². The second-order valence-corrected chi connectivity index (χ2v) is 6.03. The summed E-state index contributed by atoms with van der Waals surface area (Å²) in [6.45, 7) is 0.730. The van der Waals surface area contributed by atoms with E-state index in [0.717, 1.165) is 22.1 Å². The monoisotopic (exact) mass is 366 g/mol. The molecule has 0 radical (unpaired) electrons. The number of carboxylic acids is 1. The highest BCUT2D eigenvalue weighted by atomic mass is 16.5. The van der Waals surface area contributed by atoms with Crippen LogP contribution in [0.2, 0.25) is 0 Å². The first kappa shape index (κ1) is 18.6. The van der Waals surface area contributed by atoms with E-state index in [1.165, 1.54) is 0 Å². The van der Waals surface area contributed by atoms with Crippen LogP contribution >= 0.6 is 0 Å². The van der Waals surface area contributed by atoms with Crippen molar-refractivity contribution >= 4 is 16.7 Å². The number of hydrogen-bond acceptors (Lipinski definition) is 4. The highest BCUT2D eigenvalue weighted by Crippen LogP contribution is 2.29. The third-order valence-electron chi connectivity index (χ3n) is 4.24. The van der Waals surface area contributed by atoms with E-state index >= 15 is 0 Å². The standard InChI is InChI=1S/C22H22O5/c1-25-17-6-4-7-18(15-17)26-13-14-27-21-11-9-16-5-2-3-8-19(16)20(21)10-12-22(23)24/h2-9,11,15H,10,12-14H2,1H3,(H,23,24). The number of aliphatic carboxylic acids is 1. The molecule has 0 atom stereocenters. The Hall–Kier alpha value is -3.21. The van der Waals surface area contributed by atoms with Gasteiger partial charge in [-0.15, -0.1) is 0 Å². The zero-order chi connectivity index (χ0) is 19.1. The van der Waals surface area contributed by atoms with Crippen molar-refractivity contribution in [3.8, 4) is 17.2 Å². The first-order valence-electron chi connectivity index (χ1n) is 8.79. The van der Waals surface area contributed by atoms with Crippen molar-refractivity contribution in [3.63, 3.8) is 0 Å². The third kappa shape index (κ3) is 4.91. The maximum absolute atomic E-state index is 11.0. The smallest absolute Gasteiger partial charge is 0.303 e. The minimum absolute atomic E-state index is 0.0602. The molecular formula is C22H22O5. The summed E-state index contributed by atoms with van der Waals surface area (Å²) >= 11 is 0. The van der Waals surface area contributed by atoms with Crippen LogP contribution in [0, 0.1) is 0 Å². The van der Waals surface area contributed by atoms with E-state index in [1.54, 1.807) is 7.11 Å². The van der Waals surface area contributed by atoms with E-state index in [-0.39, 0.29) is 6.42 Å². The lowest BCUT2D eigenvalue weighted by atomic mass is 10.00. The zero-order valence-corrected chi connectivity index (χ0v) is 15.2. The Labute approximate surface area is 158 Å². The number of fused-ring (bicyclic) bond motifs is 1. The Balaban J connectivity index is 1.68. The van der Waals surface area contributed by atoms with Crippen molar-refractivity contribution in [1.29, 1.82) is 0 Å². The third-order valence-corrected chi connectivity index (χ3v) is 4.24. The maximum atomic E-state index is 11.0. The Bertz CT molecular complexity index is 919. The van der Waals surface area contributed by atoms with Crippen molar-refractivity contribution in [2.24, 2.45) is 0 Å².